The average Bonchev–Trinajstić information content (AvgIpc) is 2.98. The van der Waals surface area contributed by atoms with E-state index in [2.05, 4.69) is 15.2 Å². The van der Waals surface area contributed by atoms with Crippen molar-refractivity contribution >= 4 is 0 Å². The molecular formula is C16H22N4O. The van der Waals surface area contributed by atoms with Crippen molar-refractivity contribution in [3.63, 3.8) is 0 Å². The number of likely N-dealkylation sites (tertiary alicyclic amines) is 1. The second-order valence-corrected chi connectivity index (χ2v) is 5.56. The first-order valence-corrected chi connectivity index (χ1v) is 7.66. The number of piperidine rings is 1. The van der Waals surface area contributed by atoms with Crippen molar-refractivity contribution in [1.29, 1.82) is 0 Å². The highest BCUT2D eigenvalue weighted by Gasteiger charge is 2.14. The van der Waals surface area contributed by atoms with Crippen LogP contribution in [0.1, 0.15) is 38.1 Å². The van der Waals surface area contributed by atoms with Crippen molar-refractivity contribution in [3.8, 4) is 5.75 Å². The van der Waals surface area contributed by atoms with E-state index in [-0.39, 0.29) is 6.23 Å². The predicted molar refractivity (Wildman–Crippen MR) is 80.9 cm³/mol. The van der Waals surface area contributed by atoms with Gasteiger partial charge in [0, 0.05) is 6.54 Å². The molecule has 0 bridgehead atoms. The highest BCUT2D eigenvalue weighted by atomic mass is 16.5. The van der Waals surface area contributed by atoms with Crippen LogP contribution in [0.3, 0.4) is 0 Å². The molecule has 112 valence electrons. The number of aromatic nitrogens is 3. The SMILES string of the molecule is CC(Oc1ccccc1)n1cc(CN2CCCCC2)nn1. The topological polar surface area (TPSA) is 43.2 Å². The Morgan fingerprint density at radius 3 is 2.67 bits per heavy atom. The van der Waals surface area contributed by atoms with Crippen LogP contribution in [0.5, 0.6) is 5.75 Å². The lowest BCUT2D eigenvalue weighted by atomic mass is 10.1. The van der Waals surface area contributed by atoms with Crippen LogP contribution in [0.15, 0.2) is 36.5 Å². The molecule has 21 heavy (non-hydrogen) atoms. The molecule has 0 spiro atoms. The van der Waals surface area contributed by atoms with Crippen LogP contribution in [-0.4, -0.2) is 33.0 Å². The molecule has 0 aliphatic carbocycles. The summed E-state index contributed by atoms with van der Waals surface area (Å²) in [6.45, 7) is 5.20. The maximum atomic E-state index is 5.85. The highest BCUT2D eigenvalue weighted by Crippen LogP contribution is 2.16. The Labute approximate surface area is 125 Å². The van der Waals surface area contributed by atoms with E-state index in [9.17, 15) is 0 Å². The summed E-state index contributed by atoms with van der Waals surface area (Å²) in [7, 11) is 0. The molecule has 0 radical (unpaired) electrons. The monoisotopic (exact) mass is 286 g/mol. The zero-order valence-corrected chi connectivity index (χ0v) is 12.5. The zero-order valence-electron chi connectivity index (χ0n) is 12.5. The molecule has 1 fully saturated rings. The quantitative estimate of drug-likeness (QED) is 0.847. The van der Waals surface area contributed by atoms with Gasteiger partial charge < -0.3 is 4.74 Å². The molecular weight excluding hydrogens is 264 g/mol. The van der Waals surface area contributed by atoms with E-state index >= 15 is 0 Å². The summed E-state index contributed by atoms with van der Waals surface area (Å²) in [6, 6.07) is 9.80. The lowest BCUT2D eigenvalue weighted by molar-refractivity contribution is 0.135. The fraction of sp³-hybridized carbons (Fsp3) is 0.500. The van der Waals surface area contributed by atoms with E-state index in [4.69, 9.17) is 4.74 Å². The van der Waals surface area contributed by atoms with Crippen molar-refractivity contribution in [1.82, 2.24) is 19.9 Å². The summed E-state index contributed by atoms with van der Waals surface area (Å²) in [5.41, 5.74) is 1.01. The minimum Gasteiger partial charge on any atom is -0.469 e. The van der Waals surface area contributed by atoms with E-state index in [0.717, 1.165) is 18.0 Å². The Morgan fingerprint density at radius 1 is 1.14 bits per heavy atom. The average molecular weight is 286 g/mol. The number of hydrogen-bond acceptors (Lipinski definition) is 4. The number of rotatable bonds is 5. The fourth-order valence-corrected chi connectivity index (χ4v) is 2.66. The van der Waals surface area contributed by atoms with Gasteiger partial charge in [-0.3, -0.25) is 4.90 Å². The fourth-order valence-electron chi connectivity index (χ4n) is 2.66. The van der Waals surface area contributed by atoms with Crippen LogP contribution in [0.25, 0.3) is 0 Å². The van der Waals surface area contributed by atoms with Crippen molar-refractivity contribution < 1.29 is 4.74 Å². The first-order chi connectivity index (χ1) is 10.3. The normalized spacial score (nSPS) is 17.6. The highest BCUT2D eigenvalue weighted by molar-refractivity contribution is 5.21. The number of para-hydroxylation sites is 1. The number of benzene rings is 1. The van der Waals surface area contributed by atoms with Gasteiger partial charge >= 0.3 is 0 Å². The third kappa shape index (κ3) is 3.82. The number of hydrogen-bond donors (Lipinski definition) is 0. The Morgan fingerprint density at radius 2 is 1.90 bits per heavy atom. The van der Waals surface area contributed by atoms with Gasteiger partial charge in [-0.25, -0.2) is 4.68 Å². The first-order valence-electron chi connectivity index (χ1n) is 7.66. The molecule has 1 saturated heterocycles. The van der Waals surface area contributed by atoms with E-state index in [1.165, 1.54) is 32.4 Å². The summed E-state index contributed by atoms with van der Waals surface area (Å²) in [4.78, 5) is 2.45. The molecule has 1 aliphatic heterocycles. The predicted octanol–water partition coefficient (Wildman–Crippen LogP) is 2.86. The molecule has 0 amide bonds. The summed E-state index contributed by atoms with van der Waals surface area (Å²) < 4.78 is 7.63. The van der Waals surface area contributed by atoms with E-state index in [1.54, 1.807) is 4.68 Å². The lowest BCUT2D eigenvalue weighted by Gasteiger charge is -2.25. The maximum Gasteiger partial charge on any atom is 0.190 e. The van der Waals surface area contributed by atoms with Gasteiger partial charge in [0.1, 0.15) is 5.75 Å². The lowest BCUT2D eigenvalue weighted by Crippen LogP contribution is -2.29. The molecule has 1 aliphatic rings. The number of ether oxygens (including phenoxy) is 1. The van der Waals surface area contributed by atoms with Gasteiger partial charge in [-0.15, -0.1) is 5.10 Å². The van der Waals surface area contributed by atoms with Gasteiger partial charge in [-0.1, -0.05) is 29.8 Å². The molecule has 1 aromatic heterocycles. The molecule has 1 atom stereocenters. The van der Waals surface area contributed by atoms with E-state index in [0.29, 0.717) is 0 Å². The molecule has 5 nitrogen and oxygen atoms in total. The largest absolute Gasteiger partial charge is 0.469 e. The standard InChI is InChI=1S/C16H22N4O/c1-14(21-16-8-4-2-5-9-16)20-13-15(17-18-20)12-19-10-6-3-7-11-19/h2,4-5,8-9,13-14H,3,6-7,10-12H2,1H3. The van der Waals surface area contributed by atoms with Crippen LogP contribution >= 0.6 is 0 Å². The van der Waals surface area contributed by atoms with Crippen molar-refractivity contribution in [2.45, 2.75) is 39.0 Å². The number of nitrogens with zero attached hydrogens (tertiary/aromatic N) is 4. The summed E-state index contributed by atoms with van der Waals surface area (Å²) >= 11 is 0. The summed E-state index contributed by atoms with van der Waals surface area (Å²) in [5.74, 6) is 0.845. The second-order valence-electron chi connectivity index (χ2n) is 5.56. The third-order valence-electron chi connectivity index (χ3n) is 3.81. The zero-order chi connectivity index (χ0) is 14.5. The van der Waals surface area contributed by atoms with Gasteiger partial charge in [0.05, 0.1) is 11.9 Å². The van der Waals surface area contributed by atoms with Gasteiger partial charge in [-0.2, -0.15) is 0 Å². The summed E-state index contributed by atoms with van der Waals surface area (Å²) in [6.07, 6.45) is 5.77. The molecule has 3 rings (SSSR count). The third-order valence-corrected chi connectivity index (χ3v) is 3.81. The molecule has 5 heteroatoms. The molecule has 0 N–H and O–H groups in total. The van der Waals surface area contributed by atoms with Gasteiger partial charge in [0.15, 0.2) is 6.23 Å². The first kappa shape index (κ1) is 14.1. The second kappa shape index (κ2) is 6.72. The summed E-state index contributed by atoms with van der Waals surface area (Å²) in [5, 5.41) is 8.46. The molecule has 1 aromatic carbocycles. The van der Waals surface area contributed by atoms with Crippen LogP contribution in [0.2, 0.25) is 0 Å². The Hall–Kier alpha value is -1.88. The van der Waals surface area contributed by atoms with Crippen molar-refractivity contribution in [2.24, 2.45) is 0 Å². The molecule has 2 aromatic rings. The molecule has 2 heterocycles. The Bertz CT molecular complexity index is 548. The molecule has 1 unspecified atom stereocenters. The minimum atomic E-state index is -0.157. The van der Waals surface area contributed by atoms with Gasteiger partial charge in [0.2, 0.25) is 0 Å². The van der Waals surface area contributed by atoms with Gasteiger partial charge in [-0.05, 0) is 45.0 Å². The van der Waals surface area contributed by atoms with Crippen LogP contribution < -0.4 is 4.74 Å². The Kier molecular flexibility index (Phi) is 4.50. The van der Waals surface area contributed by atoms with Crippen LogP contribution in [0, 0.1) is 0 Å². The van der Waals surface area contributed by atoms with E-state index in [1.807, 2.05) is 43.5 Å². The van der Waals surface area contributed by atoms with Gasteiger partial charge in [0.25, 0.3) is 0 Å². The maximum absolute atomic E-state index is 5.85. The Balaban J connectivity index is 1.58. The van der Waals surface area contributed by atoms with Crippen LogP contribution in [-0.2, 0) is 6.54 Å². The van der Waals surface area contributed by atoms with E-state index < -0.39 is 0 Å². The van der Waals surface area contributed by atoms with Crippen molar-refractivity contribution in [3.05, 3.63) is 42.2 Å². The van der Waals surface area contributed by atoms with Crippen LogP contribution in [0.4, 0.5) is 0 Å². The molecule has 0 saturated carbocycles. The smallest absolute Gasteiger partial charge is 0.190 e. The van der Waals surface area contributed by atoms with Crippen molar-refractivity contribution in [2.75, 3.05) is 13.1 Å². The minimum absolute atomic E-state index is 0.157.